The highest BCUT2D eigenvalue weighted by atomic mass is 32.5. The van der Waals surface area contributed by atoms with Crippen LogP contribution in [0.4, 0.5) is 14.6 Å². The number of hydrogen-bond donors (Lipinski definition) is 3. The van der Waals surface area contributed by atoms with Crippen LogP contribution in [0.3, 0.4) is 0 Å². The minimum absolute atomic E-state index is 0.122. The van der Waals surface area contributed by atoms with Gasteiger partial charge in [-0.3, -0.25) is 9.36 Å². The SMILES string of the molecule is CC(C)OC(=O)[C@H](C)NP(=S)(OC[C@H]1O[C@@H](n2ccc(N)nc2=O)[C@H](O)C1(F)F)Oc1ccc2ccccc2c1. The van der Waals surface area contributed by atoms with E-state index in [0.717, 1.165) is 17.0 Å². The molecule has 4 rings (SSSR count). The fourth-order valence-corrected chi connectivity index (χ4v) is 6.34. The van der Waals surface area contributed by atoms with E-state index in [0.29, 0.717) is 4.57 Å². The second kappa shape index (κ2) is 11.9. The molecule has 5 atom stereocenters. The summed E-state index contributed by atoms with van der Waals surface area (Å²) >= 11 is 5.62. The molecular weight excluding hydrogens is 569 g/mol. The standard InChI is InChI=1S/C25H29F2N4O7PS/c1-14(2)36-23(33)15(3)30-39(40,38-18-9-8-16-6-4-5-7-17(16)12-18)35-13-19-25(26,27)21(32)22(37-19)31-11-10-20(28)29-24(31)34/h4-12,14-15,19,21-22,32H,13H2,1-3H3,(H,30,40)(H2,28,29,34)/t15-,19+,21-,22+,39?/m0/s1. The molecule has 40 heavy (non-hydrogen) atoms. The lowest BCUT2D eigenvalue weighted by molar-refractivity contribution is -0.149. The van der Waals surface area contributed by atoms with Gasteiger partial charge in [0.25, 0.3) is 0 Å². The second-order valence-electron chi connectivity index (χ2n) is 9.41. The Morgan fingerprint density at radius 1 is 1.25 bits per heavy atom. The number of aliphatic hydroxyl groups is 1. The summed E-state index contributed by atoms with van der Waals surface area (Å²) in [5, 5.41) is 14.9. The monoisotopic (exact) mass is 598 g/mol. The summed E-state index contributed by atoms with van der Waals surface area (Å²) < 4.78 is 53.1. The van der Waals surface area contributed by atoms with Crippen LogP contribution in [0.5, 0.6) is 5.75 Å². The van der Waals surface area contributed by atoms with Gasteiger partial charge in [-0.2, -0.15) is 4.98 Å². The molecule has 0 amide bonds. The van der Waals surface area contributed by atoms with E-state index in [-0.39, 0.29) is 11.6 Å². The zero-order valence-electron chi connectivity index (χ0n) is 21.8. The smallest absolute Gasteiger partial charge is 0.351 e. The summed E-state index contributed by atoms with van der Waals surface area (Å²) in [6, 6.07) is 12.8. The van der Waals surface area contributed by atoms with Crippen LogP contribution in [-0.4, -0.2) is 57.5 Å². The summed E-state index contributed by atoms with van der Waals surface area (Å²) in [7, 11) is 0. The number of alkyl halides is 2. The quantitative estimate of drug-likeness (QED) is 0.234. The van der Waals surface area contributed by atoms with Gasteiger partial charge in [0, 0.05) is 6.20 Å². The first-order valence-corrected chi connectivity index (χ1v) is 14.9. The maximum absolute atomic E-state index is 15.1. The minimum Gasteiger partial charge on any atom is -0.462 e. The second-order valence-corrected chi connectivity index (χ2v) is 12.5. The van der Waals surface area contributed by atoms with Crippen molar-refractivity contribution in [2.75, 3.05) is 12.3 Å². The van der Waals surface area contributed by atoms with Gasteiger partial charge in [-0.1, -0.05) is 30.3 Å². The van der Waals surface area contributed by atoms with Crippen molar-refractivity contribution in [1.82, 2.24) is 14.6 Å². The van der Waals surface area contributed by atoms with Crippen molar-refractivity contribution in [2.24, 2.45) is 0 Å². The molecule has 2 heterocycles. The lowest BCUT2D eigenvalue weighted by atomic mass is 10.1. The van der Waals surface area contributed by atoms with Crippen LogP contribution in [0.2, 0.25) is 0 Å². The number of benzene rings is 2. The Hall–Kier alpha value is -3.00. The number of ether oxygens (including phenoxy) is 2. The average molecular weight is 599 g/mol. The van der Waals surface area contributed by atoms with Gasteiger partial charge >= 0.3 is 24.2 Å². The molecule has 216 valence electrons. The number of halogens is 2. The van der Waals surface area contributed by atoms with Crippen LogP contribution in [0.25, 0.3) is 10.8 Å². The van der Waals surface area contributed by atoms with Crippen molar-refractivity contribution >= 4 is 41.0 Å². The fourth-order valence-electron chi connectivity index (χ4n) is 3.94. The highest BCUT2D eigenvalue weighted by Crippen LogP contribution is 2.48. The number of fused-ring (bicyclic) bond motifs is 1. The highest BCUT2D eigenvalue weighted by Gasteiger charge is 2.59. The highest BCUT2D eigenvalue weighted by molar-refractivity contribution is 8.09. The van der Waals surface area contributed by atoms with Crippen LogP contribution < -0.4 is 21.0 Å². The fraction of sp³-hybridized carbons (Fsp3) is 0.400. The Bertz CT molecular complexity index is 1490. The van der Waals surface area contributed by atoms with Crippen LogP contribution in [-0.2, 0) is 30.6 Å². The van der Waals surface area contributed by atoms with Crippen molar-refractivity contribution in [3.8, 4) is 5.75 Å². The molecule has 0 bridgehead atoms. The third-order valence-electron chi connectivity index (χ3n) is 5.92. The number of nitrogens with two attached hydrogens (primary N) is 1. The predicted octanol–water partition coefficient (Wildman–Crippen LogP) is 3.12. The van der Waals surface area contributed by atoms with Crippen LogP contribution >= 0.6 is 6.64 Å². The normalized spacial score (nSPS) is 22.6. The van der Waals surface area contributed by atoms with E-state index >= 15 is 8.78 Å². The van der Waals surface area contributed by atoms with Crippen LogP contribution in [0, 0.1) is 0 Å². The Labute approximate surface area is 233 Å². The van der Waals surface area contributed by atoms with Crippen LogP contribution in [0.15, 0.2) is 59.5 Å². The van der Waals surface area contributed by atoms with Gasteiger partial charge in [-0.15, -0.1) is 0 Å². The molecule has 0 spiro atoms. The van der Waals surface area contributed by atoms with E-state index in [1.165, 1.54) is 13.0 Å². The molecule has 1 aromatic heterocycles. The minimum atomic E-state index is -3.85. The molecule has 1 saturated heterocycles. The summed E-state index contributed by atoms with van der Waals surface area (Å²) in [6.45, 7) is 0.253. The number of carbonyl (C=O) groups is 1. The molecular formula is C25H29F2N4O7PS. The lowest BCUT2D eigenvalue weighted by Gasteiger charge is -2.28. The topological polar surface area (TPSA) is 147 Å². The van der Waals surface area contributed by atoms with Gasteiger partial charge in [0.1, 0.15) is 17.6 Å². The number of rotatable bonds is 10. The summed E-state index contributed by atoms with van der Waals surface area (Å²) in [6.07, 6.45) is -5.52. The van der Waals surface area contributed by atoms with Gasteiger partial charge in [-0.05, 0) is 61.5 Å². The Kier molecular flexibility index (Phi) is 8.88. The van der Waals surface area contributed by atoms with E-state index in [9.17, 15) is 14.7 Å². The molecule has 1 aliphatic heterocycles. The van der Waals surface area contributed by atoms with Crippen molar-refractivity contribution < 1.29 is 37.2 Å². The zero-order chi connectivity index (χ0) is 29.2. The third-order valence-corrected chi connectivity index (χ3v) is 8.42. The molecule has 1 fully saturated rings. The number of nitrogens with zero attached hydrogens (tertiary/aromatic N) is 2. The number of aromatic nitrogens is 2. The van der Waals surface area contributed by atoms with E-state index < -0.39 is 61.4 Å². The van der Waals surface area contributed by atoms with Gasteiger partial charge in [-0.25, -0.2) is 18.7 Å². The lowest BCUT2D eigenvalue weighted by Crippen LogP contribution is -2.42. The molecule has 15 heteroatoms. The number of nitrogen functional groups attached to an aromatic ring is 1. The number of anilines is 1. The Morgan fingerprint density at radius 3 is 2.62 bits per heavy atom. The molecule has 0 radical (unpaired) electrons. The predicted molar refractivity (Wildman–Crippen MR) is 146 cm³/mol. The number of nitrogens with one attached hydrogen (secondary N) is 1. The average Bonchev–Trinajstić information content (AvgIpc) is 3.10. The molecule has 0 saturated carbocycles. The first-order chi connectivity index (χ1) is 18.8. The van der Waals surface area contributed by atoms with E-state index in [1.54, 1.807) is 32.0 Å². The number of esters is 1. The van der Waals surface area contributed by atoms with Crippen LogP contribution in [0.1, 0.15) is 27.0 Å². The first-order valence-electron chi connectivity index (χ1n) is 12.3. The first kappa shape index (κ1) is 30.0. The maximum atomic E-state index is 15.1. The van der Waals surface area contributed by atoms with E-state index in [1.807, 2.05) is 24.3 Å². The van der Waals surface area contributed by atoms with Crippen molar-refractivity contribution in [2.45, 2.75) is 57.3 Å². The van der Waals surface area contributed by atoms with E-state index in [4.69, 9.17) is 36.1 Å². The number of hydrogen-bond acceptors (Lipinski definition) is 10. The Morgan fingerprint density at radius 2 is 1.95 bits per heavy atom. The molecule has 11 nitrogen and oxygen atoms in total. The van der Waals surface area contributed by atoms with Crippen molar-refractivity contribution in [1.29, 1.82) is 0 Å². The molecule has 4 N–H and O–H groups in total. The van der Waals surface area contributed by atoms with Crippen molar-refractivity contribution in [3.63, 3.8) is 0 Å². The third kappa shape index (κ3) is 6.65. The summed E-state index contributed by atoms with van der Waals surface area (Å²) in [5.41, 5.74) is 4.48. The molecule has 2 aromatic carbocycles. The number of carbonyl (C=O) groups excluding carboxylic acids is 1. The van der Waals surface area contributed by atoms with Gasteiger partial charge in [0.05, 0.1) is 12.7 Å². The largest absolute Gasteiger partial charge is 0.462 e. The van der Waals surface area contributed by atoms with Gasteiger partial charge in [0.2, 0.25) is 0 Å². The van der Waals surface area contributed by atoms with Crippen molar-refractivity contribution in [3.05, 3.63) is 65.2 Å². The Balaban J connectivity index is 1.57. The number of aliphatic hydroxyl groups excluding tert-OH is 1. The van der Waals surface area contributed by atoms with Gasteiger partial charge < -0.3 is 29.4 Å². The molecule has 1 unspecified atom stereocenters. The summed E-state index contributed by atoms with van der Waals surface area (Å²) in [5.74, 6) is -4.35. The summed E-state index contributed by atoms with van der Waals surface area (Å²) in [4.78, 5) is 28.1. The van der Waals surface area contributed by atoms with Gasteiger partial charge in [0.15, 0.2) is 18.4 Å². The molecule has 1 aliphatic rings. The molecule has 0 aliphatic carbocycles. The molecule has 3 aromatic rings. The van der Waals surface area contributed by atoms with E-state index in [2.05, 4.69) is 10.1 Å². The zero-order valence-corrected chi connectivity index (χ0v) is 23.5. The maximum Gasteiger partial charge on any atom is 0.351 e.